The highest BCUT2D eigenvalue weighted by Gasteiger charge is 2.13. The van der Waals surface area contributed by atoms with E-state index in [-0.39, 0.29) is 6.04 Å². The number of thiophene rings is 1. The highest BCUT2D eigenvalue weighted by Crippen LogP contribution is 2.26. The van der Waals surface area contributed by atoms with E-state index in [2.05, 4.69) is 51.4 Å². The fourth-order valence-corrected chi connectivity index (χ4v) is 3.66. The van der Waals surface area contributed by atoms with Crippen molar-refractivity contribution in [1.82, 2.24) is 19.9 Å². The van der Waals surface area contributed by atoms with E-state index in [4.69, 9.17) is 0 Å². The molecule has 20 heavy (non-hydrogen) atoms. The van der Waals surface area contributed by atoms with Gasteiger partial charge in [-0.25, -0.2) is 0 Å². The molecule has 0 amide bonds. The summed E-state index contributed by atoms with van der Waals surface area (Å²) >= 11 is 5.36. The smallest absolute Gasteiger partial charge is 0.160 e. The molecule has 0 aliphatic heterocycles. The predicted octanol–water partition coefficient (Wildman–Crippen LogP) is 3.71. The van der Waals surface area contributed by atoms with Crippen molar-refractivity contribution in [3.8, 4) is 0 Å². The summed E-state index contributed by atoms with van der Waals surface area (Å²) in [6, 6.07) is 8.24. The Morgan fingerprint density at radius 1 is 1.40 bits per heavy atom. The van der Waals surface area contributed by atoms with Crippen LogP contribution in [0.25, 0.3) is 5.65 Å². The molecule has 0 bridgehead atoms. The number of rotatable bonds is 4. The summed E-state index contributed by atoms with van der Waals surface area (Å²) in [5.41, 5.74) is 0.880. The van der Waals surface area contributed by atoms with Gasteiger partial charge in [-0.1, -0.05) is 6.07 Å². The Bertz CT molecular complexity index is 714. The summed E-state index contributed by atoms with van der Waals surface area (Å²) in [5, 5.41) is 12.0. The lowest BCUT2D eigenvalue weighted by molar-refractivity contribution is 0.545. The number of hydrogen-bond donors (Lipinski definition) is 1. The lowest BCUT2D eigenvalue weighted by Crippen LogP contribution is -2.19. The van der Waals surface area contributed by atoms with Crippen LogP contribution >= 0.6 is 27.3 Å². The summed E-state index contributed by atoms with van der Waals surface area (Å²) < 4.78 is 3.20. The van der Waals surface area contributed by atoms with E-state index < -0.39 is 0 Å². The molecule has 3 aromatic heterocycles. The van der Waals surface area contributed by atoms with E-state index in [1.54, 1.807) is 11.3 Å². The van der Waals surface area contributed by atoms with E-state index >= 15 is 0 Å². The van der Waals surface area contributed by atoms with Crippen molar-refractivity contribution in [2.45, 2.75) is 26.4 Å². The van der Waals surface area contributed by atoms with Gasteiger partial charge in [0, 0.05) is 27.0 Å². The first kappa shape index (κ1) is 13.7. The Kier molecular flexibility index (Phi) is 3.87. The first-order valence-electron chi connectivity index (χ1n) is 6.43. The number of halogens is 1. The Balaban J connectivity index is 1.74. The molecule has 104 valence electrons. The predicted molar refractivity (Wildman–Crippen MR) is 85.0 cm³/mol. The normalized spacial score (nSPS) is 12.9. The molecule has 0 radical (unpaired) electrons. The largest absolute Gasteiger partial charge is 0.303 e. The summed E-state index contributed by atoms with van der Waals surface area (Å²) in [7, 11) is 0. The second kappa shape index (κ2) is 5.63. The maximum Gasteiger partial charge on any atom is 0.160 e. The highest BCUT2D eigenvalue weighted by atomic mass is 79.9. The molecular formula is C14H15BrN4S. The molecule has 1 atom stereocenters. The number of nitrogens with one attached hydrogen (secondary N) is 1. The summed E-state index contributed by atoms with van der Waals surface area (Å²) in [6.07, 6.45) is 1.99. The molecule has 0 aliphatic rings. The Morgan fingerprint density at radius 3 is 3.00 bits per heavy atom. The topological polar surface area (TPSA) is 42.2 Å². The van der Waals surface area contributed by atoms with E-state index in [0.29, 0.717) is 0 Å². The summed E-state index contributed by atoms with van der Waals surface area (Å²) in [5.74, 6) is 0.938. The molecule has 3 rings (SSSR count). The molecule has 1 N–H and O–H groups in total. The van der Waals surface area contributed by atoms with Gasteiger partial charge in [0.15, 0.2) is 11.5 Å². The van der Waals surface area contributed by atoms with Crippen molar-refractivity contribution in [2.24, 2.45) is 0 Å². The van der Waals surface area contributed by atoms with Crippen molar-refractivity contribution < 1.29 is 0 Å². The van der Waals surface area contributed by atoms with Gasteiger partial charge in [0.25, 0.3) is 0 Å². The standard InChI is InChI=1S/C14H15BrN4S/c1-9(16-8-11-7-12(15)10(2)20-11)14-18-17-13-5-3-4-6-19(13)14/h3-7,9,16H,8H2,1-2H3. The third-order valence-corrected chi connectivity index (χ3v) is 5.35. The number of aryl methyl sites for hydroxylation is 1. The molecule has 0 saturated carbocycles. The fourth-order valence-electron chi connectivity index (χ4n) is 2.11. The lowest BCUT2D eigenvalue weighted by Gasteiger charge is -2.11. The highest BCUT2D eigenvalue weighted by molar-refractivity contribution is 9.10. The first-order chi connectivity index (χ1) is 9.65. The van der Waals surface area contributed by atoms with Crippen LogP contribution in [0.5, 0.6) is 0 Å². The molecule has 1 unspecified atom stereocenters. The first-order valence-corrected chi connectivity index (χ1v) is 8.04. The fraction of sp³-hybridized carbons (Fsp3) is 0.286. The maximum atomic E-state index is 4.27. The van der Waals surface area contributed by atoms with E-state index in [0.717, 1.165) is 18.0 Å². The van der Waals surface area contributed by atoms with Crippen molar-refractivity contribution in [3.63, 3.8) is 0 Å². The molecule has 0 fully saturated rings. The van der Waals surface area contributed by atoms with Crippen LogP contribution in [-0.2, 0) is 6.54 Å². The van der Waals surface area contributed by atoms with Gasteiger partial charge in [-0.3, -0.25) is 4.40 Å². The zero-order valence-electron chi connectivity index (χ0n) is 11.3. The summed E-state index contributed by atoms with van der Waals surface area (Å²) in [6.45, 7) is 5.06. The number of hydrogen-bond acceptors (Lipinski definition) is 4. The molecule has 3 aromatic rings. The van der Waals surface area contributed by atoms with Gasteiger partial charge in [-0.15, -0.1) is 21.5 Å². The molecule has 0 saturated heterocycles. The minimum atomic E-state index is 0.147. The van der Waals surface area contributed by atoms with Gasteiger partial charge in [0.05, 0.1) is 6.04 Å². The Labute approximate surface area is 130 Å². The third-order valence-electron chi connectivity index (χ3n) is 3.22. The van der Waals surface area contributed by atoms with Gasteiger partial charge in [0.1, 0.15) is 0 Å². The van der Waals surface area contributed by atoms with Crippen LogP contribution in [0.3, 0.4) is 0 Å². The third kappa shape index (κ3) is 2.63. The number of fused-ring (bicyclic) bond motifs is 1. The molecule has 0 spiro atoms. The molecule has 0 aromatic carbocycles. The zero-order chi connectivity index (χ0) is 14.1. The van der Waals surface area contributed by atoms with Crippen molar-refractivity contribution >= 4 is 32.9 Å². The molecule has 4 nitrogen and oxygen atoms in total. The van der Waals surface area contributed by atoms with Crippen LogP contribution in [-0.4, -0.2) is 14.6 Å². The number of pyridine rings is 1. The van der Waals surface area contributed by atoms with Crippen LogP contribution in [0, 0.1) is 6.92 Å². The van der Waals surface area contributed by atoms with Gasteiger partial charge in [-0.05, 0) is 48.0 Å². The maximum absolute atomic E-state index is 4.27. The average Bonchev–Trinajstić information content (AvgIpc) is 3.00. The number of nitrogens with zero attached hydrogens (tertiary/aromatic N) is 3. The lowest BCUT2D eigenvalue weighted by atomic mass is 10.3. The quantitative estimate of drug-likeness (QED) is 0.779. The monoisotopic (exact) mass is 350 g/mol. The SMILES string of the molecule is Cc1sc(CNC(C)c2nnc3ccccn23)cc1Br. The minimum absolute atomic E-state index is 0.147. The van der Waals surface area contributed by atoms with Crippen molar-refractivity contribution in [3.05, 3.63) is 50.5 Å². The van der Waals surface area contributed by atoms with Gasteiger partial charge in [-0.2, -0.15) is 0 Å². The van der Waals surface area contributed by atoms with Gasteiger partial charge in [0.2, 0.25) is 0 Å². The second-order valence-electron chi connectivity index (χ2n) is 4.71. The molecule has 0 aliphatic carbocycles. The number of aromatic nitrogens is 3. The van der Waals surface area contributed by atoms with Crippen LogP contribution in [0.1, 0.15) is 28.5 Å². The zero-order valence-corrected chi connectivity index (χ0v) is 13.7. The van der Waals surface area contributed by atoms with Gasteiger partial charge < -0.3 is 5.32 Å². The van der Waals surface area contributed by atoms with Crippen LogP contribution < -0.4 is 5.32 Å². The molecule has 3 heterocycles. The average molecular weight is 351 g/mol. The minimum Gasteiger partial charge on any atom is -0.303 e. The van der Waals surface area contributed by atoms with Crippen LogP contribution in [0.15, 0.2) is 34.9 Å². The van der Waals surface area contributed by atoms with Crippen molar-refractivity contribution in [2.75, 3.05) is 0 Å². The van der Waals surface area contributed by atoms with E-state index in [9.17, 15) is 0 Å². The molecular weight excluding hydrogens is 336 g/mol. The van der Waals surface area contributed by atoms with Gasteiger partial charge >= 0.3 is 0 Å². The van der Waals surface area contributed by atoms with Crippen LogP contribution in [0.2, 0.25) is 0 Å². The second-order valence-corrected chi connectivity index (χ2v) is 6.90. The van der Waals surface area contributed by atoms with Crippen LogP contribution in [0.4, 0.5) is 0 Å². The van der Waals surface area contributed by atoms with E-state index in [1.807, 2.05) is 28.8 Å². The Hall–Kier alpha value is -1.24. The summed E-state index contributed by atoms with van der Waals surface area (Å²) in [4.78, 5) is 2.62. The van der Waals surface area contributed by atoms with Crippen molar-refractivity contribution in [1.29, 1.82) is 0 Å². The van der Waals surface area contributed by atoms with E-state index in [1.165, 1.54) is 14.2 Å². The Morgan fingerprint density at radius 2 is 2.25 bits per heavy atom. The molecule has 6 heteroatoms.